The van der Waals surface area contributed by atoms with Crippen LogP contribution in [0, 0.1) is 5.92 Å². The quantitative estimate of drug-likeness (QED) is 0.868. The van der Waals surface area contributed by atoms with Crippen molar-refractivity contribution in [3.05, 3.63) is 34.0 Å². The normalized spacial score (nSPS) is 12.9. The maximum Gasteiger partial charge on any atom is 0.175 e. The van der Waals surface area contributed by atoms with Crippen LogP contribution in [0.4, 0.5) is 5.82 Å². The van der Waals surface area contributed by atoms with Crippen LogP contribution < -0.4 is 5.73 Å². The van der Waals surface area contributed by atoms with Crippen molar-refractivity contribution < 1.29 is 4.52 Å². The van der Waals surface area contributed by atoms with Gasteiger partial charge in [-0.25, -0.2) is 0 Å². The summed E-state index contributed by atoms with van der Waals surface area (Å²) in [5, 5.41) is 4.88. The van der Waals surface area contributed by atoms with E-state index in [2.05, 4.69) is 25.9 Å². The van der Waals surface area contributed by atoms with Crippen molar-refractivity contribution in [2.75, 3.05) is 5.73 Å². The van der Waals surface area contributed by atoms with Crippen molar-refractivity contribution >= 4 is 29.0 Å². The summed E-state index contributed by atoms with van der Waals surface area (Å²) >= 11 is 12.0. The molecule has 1 aromatic heterocycles. The van der Waals surface area contributed by atoms with Crippen LogP contribution in [0.1, 0.15) is 32.4 Å². The SMILES string of the molecule is CC(C)C(C)c1onc(N)c1-c1ccc(Cl)c(Cl)c1. The molecule has 0 radical (unpaired) electrons. The number of hydrogen-bond donors (Lipinski definition) is 1. The molecule has 3 nitrogen and oxygen atoms in total. The van der Waals surface area contributed by atoms with Gasteiger partial charge < -0.3 is 10.3 Å². The zero-order valence-electron chi connectivity index (χ0n) is 11.1. The van der Waals surface area contributed by atoms with Gasteiger partial charge in [-0.05, 0) is 23.6 Å². The van der Waals surface area contributed by atoms with Crippen molar-refractivity contribution in [1.82, 2.24) is 5.16 Å². The van der Waals surface area contributed by atoms with Crippen LogP contribution in [0.15, 0.2) is 22.7 Å². The fourth-order valence-corrected chi connectivity index (χ4v) is 2.17. The van der Waals surface area contributed by atoms with Crippen LogP contribution >= 0.6 is 23.2 Å². The molecule has 1 heterocycles. The minimum absolute atomic E-state index is 0.217. The molecule has 2 aromatic rings. The molecule has 0 aliphatic carbocycles. The van der Waals surface area contributed by atoms with Gasteiger partial charge >= 0.3 is 0 Å². The number of benzene rings is 1. The Morgan fingerprint density at radius 3 is 2.42 bits per heavy atom. The molecule has 5 heteroatoms. The summed E-state index contributed by atoms with van der Waals surface area (Å²) in [7, 11) is 0. The lowest BCUT2D eigenvalue weighted by Crippen LogP contribution is -2.02. The number of aromatic nitrogens is 1. The van der Waals surface area contributed by atoms with Crippen LogP contribution in [0.3, 0.4) is 0 Å². The number of nitrogen functional groups attached to an aromatic ring is 1. The summed E-state index contributed by atoms with van der Waals surface area (Å²) in [6.07, 6.45) is 0. The lowest BCUT2D eigenvalue weighted by Gasteiger charge is -2.14. The minimum atomic E-state index is 0.217. The van der Waals surface area contributed by atoms with E-state index >= 15 is 0 Å². The second kappa shape index (κ2) is 5.43. The third-order valence-corrected chi connectivity index (χ3v) is 4.11. The number of nitrogens with zero attached hydrogens (tertiary/aromatic N) is 1. The van der Waals surface area contributed by atoms with E-state index in [9.17, 15) is 0 Å². The van der Waals surface area contributed by atoms with E-state index in [4.69, 9.17) is 33.5 Å². The first kappa shape index (κ1) is 14.2. The van der Waals surface area contributed by atoms with Crippen molar-refractivity contribution in [1.29, 1.82) is 0 Å². The van der Waals surface area contributed by atoms with E-state index in [0.29, 0.717) is 21.8 Å². The van der Waals surface area contributed by atoms with Gasteiger partial charge in [-0.2, -0.15) is 0 Å². The lowest BCUT2D eigenvalue weighted by atomic mass is 9.91. The maximum absolute atomic E-state index is 6.05. The third kappa shape index (κ3) is 2.72. The summed E-state index contributed by atoms with van der Waals surface area (Å²) in [5.74, 6) is 1.80. The Bertz CT molecular complexity index is 593. The molecular weight excluding hydrogens is 283 g/mol. The highest BCUT2D eigenvalue weighted by atomic mass is 35.5. The Balaban J connectivity index is 2.55. The van der Waals surface area contributed by atoms with Gasteiger partial charge in [-0.1, -0.05) is 55.2 Å². The van der Waals surface area contributed by atoms with Crippen molar-refractivity contribution in [3.8, 4) is 11.1 Å². The molecule has 1 atom stereocenters. The Morgan fingerprint density at radius 2 is 1.84 bits per heavy atom. The van der Waals surface area contributed by atoms with Crippen LogP contribution in [0.2, 0.25) is 10.0 Å². The van der Waals surface area contributed by atoms with Crippen molar-refractivity contribution in [2.45, 2.75) is 26.7 Å². The number of halogens is 2. The molecule has 1 unspecified atom stereocenters. The van der Waals surface area contributed by atoms with Gasteiger partial charge in [0.1, 0.15) is 5.76 Å². The molecule has 19 heavy (non-hydrogen) atoms. The van der Waals surface area contributed by atoms with Crippen molar-refractivity contribution in [2.24, 2.45) is 5.92 Å². The second-order valence-corrected chi connectivity index (χ2v) is 5.78. The average Bonchev–Trinajstić information content (AvgIpc) is 2.73. The second-order valence-electron chi connectivity index (χ2n) is 4.97. The van der Waals surface area contributed by atoms with Crippen LogP contribution in [-0.4, -0.2) is 5.16 Å². The van der Waals surface area contributed by atoms with Gasteiger partial charge in [0.05, 0.1) is 15.6 Å². The van der Waals surface area contributed by atoms with E-state index in [1.165, 1.54) is 0 Å². The number of hydrogen-bond acceptors (Lipinski definition) is 3. The standard InChI is InChI=1S/C14H16Cl2N2O/c1-7(2)8(3)13-12(14(17)18-19-13)9-4-5-10(15)11(16)6-9/h4-8H,1-3H3,(H2,17,18). The molecule has 1 aromatic carbocycles. The maximum atomic E-state index is 6.05. The number of rotatable bonds is 3. The predicted octanol–water partition coefficient (Wildman–Crippen LogP) is 4.99. The smallest absolute Gasteiger partial charge is 0.175 e. The molecule has 0 aliphatic heterocycles. The highest BCUT2D eigenvalue weighted by Gasteiger charge is 2.23. The van der Waals surface area contributed by atoms with E-state index in [1.54, 1.807) is 12.1 Å². The Kier molecular flexibility index (Phi) is 4.07. The van der Waals surface area contributed by atoms with Gasteiger partial charge in [0.2, 0.25) is 0 Å². The topological polar surface area (TPSA) is 52.0 Å². The molecule has 0 aliphatic rings. The molecule has 0 spiro atoms. The van der Waals surface area contributed by atoms with Crippen LogP contribution in [-0.2, 0) is 0 Å². The van der Waals surface area contributed by atoms with Gasteiger partial charge in [-0.3, -0.25) is 0 Å². The summed E-state index contributed by atoms with van der Waals surface area (Å²) in [5.41, 5.74) is 7.59. The first-order chi connectivity index (χ1) is 8.91. The molecule has 0 fully saturated rings. The van der Waals surface area contributed by atoms with Gasteiger partial charge in [-0.15, -0.1) is 0 Å². The van der Waals surface area contributed by atoms with Crippen molar-refractivity contribution in [3.63, 3.8) is 0 Å². The predicted molar refractivity (Wildman–Crippen MR) is 79.6 cm³/mol. The first-order valence-electron chi connectivity index (χ1n) is 6.12. The first-order valence-corrected chi connectivity index (χ1v) is 6.87. The molecule has 2 rings (SSSR count). The Hall–Kier alpha value is -1.19. The molecule has 0 saturated carbocycles. The summed E-state index contributed by atoms with van der Waals surface area (Å²) in [6.45, 7) is 6.34. The fraction of sp³-hybridized carbons (Fsp3) is 0.357. The average molecular weight is 299 g/mol. The zero-order chi connectivity index (χ0) is 14.2. The van der Waals surface area contributed by atoms with Gasteiger partial charge in [0.25, 0.3) is 0 Å². The van der Waals surface area contributed by atoms with Gasteiger partial charge in [0.15, 0.2) is 5.82 Å². The third-order valence-electron chi connectivity index (χ3n) is 3.37. The Morgan fingerprint density at radius 1 is 1.16 bits per heavy atom. The van der Waals surface area contributed by atoms with E-state index < -0.39 is 0 Å². The monoisotopic (exact) mass is 298 g/mol. The summed E-state index contributed by atoms with van der Waals surface area (Å²) in [6, 6.07) is 5.40. The Labute approximate surface area is 122 Å². The molecule has 0 amide bonds. The highest BCUT2D eigenvalue weighted by Crippen LogP contribution is 2.38. The van der Waals surface area contributed by atoms with Crippen LogP contribution in [0.25, 0.3) is 11.1 Å². The zero-order valence-corrected chi connectivity index (χ0v) is 12.6. The molecule has 0 saturated heterocycles. The summed E-state index contributed by atoms with van der Waals surface area (Å²) in [4.78, 5) is 0. The van der Waals surface area contributed by atoms with E-state index in [1.807, 2.05) is 6.07 Å². The van der Waals surface area contributed by atoms with Crippen LogP contribution in [0.5, 0.6) is 0 Å². The summed E-state index contributed by atoms with van der Waals surface area (Å²) < 4.78 is 5.39. The number of nitrogens with two attached hydrogens (primary N) is 1. The number of anilines is 1. The minimum Gasteiger partial charge on any atom is -0.380 e. The molecule has 102 valence electrons. The van der Waals surface area contributed by atoms with E-state index in [0.717, 1.165) is 16.9 Å². The largest absolute Gasteiger partial charge is 0.380 e. The molecule has 0 bridgehead atoms. The van der Waals surface area contributed by atoms with Gasteiger partial charge in [0, 0.05) is 5.92 Å². The highest BCUT2D eigenvalue weighted by molar-refractivity contribution is 6.42. The lowest BCUT2D eigenvalue weighted by molar-refractivity contribution is 0.341. The molecular formula is C14H16Cl2N2O. The fourth-order valence-electron chi connectivity index (χ4n) is 1.87. The molecule has 2 N–H and O–H groups in total. The van der Waals surface area contributed by atoms with E-state index in [-0.39, 0.29) is 5.92 Å².